The molecule has 1 atom stereocenters. The summed E-state index contributed by atoms with van der Waals surface area (Å²) >= 11 is 0. The number of ether oxygens (including phenoxy) is 1. The van der Waals surface area contributed by atoms with Crippen LogP contribution in [0.4, 0.5) is 11.4 Å². The quantitative estimate of drug-likeness (QED) is 0.820. The summed E-state index contributed by atoms with van der Waals surface area (Å²) < 4.78 is 5.67. The maximum atomic E-state index is 12.9. The Morgan fingerprint density at radius 3 is 2.61 bits per heavy atom. The van der Waals surface area contributed by atoms with Gasteiger partial charge in [0.15, 0.2) is 0 Å². The standard InChI is InChI=1S/C20H25N3O5/c24-18(12-21-7-1-2-8-21)23-13-19(25)22(11-15-4-3-9-28-15)16-6-5-14(20(26)27)10-17(16)23/h5-6,10,15H,1-4,7-9,11-13H2,(H,26,27). The summed E-state index contributed by atoms with van der Waals surface area (Å²) in [5, 5.41) is 9.38. The monoisotopic (exact) mass is 387 g/mol. The molecule has 1 N–H and O–H groups in total. The average Bonchev–Trinajstić information content (AvgIpc) is 3.37. The molecule has 2 saturated heterocycles. The zero-order valence-corrected chi connectivity index (χ0v) is 15.8. The zero-order valence-electron chi connectivity index (χ0n) is 15.8. The molecule has 3 aliphatic rings. The molecule has 8 heteroatoms. The molecule has 1 aromatic rings. The van der Waals surface area contributed by atoms with Crippen LogP contribution in [-0.4, -0.2) is 73.2 Å². The zero-order chi connectivity index (χ0) is 19.7. The first kappa shape index (κ1) is 18.9. The summed E-state index contributed by atoms with van der Waals surface area (Å²) in [4.78, 5) is 42.4. The molecule has 28 heavy (non-hydrogen) atoms. The maximum Gasteiger partial charge on any atom is 0.335 e. The first-order valence-electron chi connectivity index (χ1n) is 9.85. The third-order valence-electron chi connectivity index (χ3n) is 5.67. The number of benzene rings is 1. The lowest BCUT2D eigenvalue weighted by Crippen LogP contribution is -2.52. The minimum Gasteiger partial charge on any atom is -0.478 e. The van der Waals surface area contributed by atoms with Crippen LogP contribution in [0.5, 0.6) is 0 Å². The lowest BCUT2D eigenvalue weighted by atomic mass is 10.1. The SMILES string of the molecule is O=C(O)c1ccc2c(c1)N(C(=O)CN1CCCC1)CC(=O)N2CC1CCCO1. The first-order valence-corrected chi connectivity index (χ1v) is 9.85. The maximum absolute atomic E-state index is 12.9. The lowest BCUT2D eigenvalue weighted by Gasteiger charge is -2.37. The molecule has 150 valence electrons. The van der Waals surface area contributed by atoms with Gasteiger partial charge in [-0.2, -0.15) is 0 Å². The van der Waals surface area contributed by atoms with Crippen LogP contribution >= 0.6 is 0 Å². The van der Waals surface area contributed by atoms with E-state index in [1.165, 1.54) is 17.0 Å². The Morgan fingerprint density at radius 2 is 1.93 bits per heavy atom. The Kier molecular flexibility index (Phi) is 5.32. The van der Waals surface area contributed by atoms with Crippen molar-refractivity contribution in [2.24, 2.45) is 0 Å². The Bertz CT molecular complexity index is 784. The largest absolute Gasteiger partial charge is 0.478 e. The molecule has 1 unspecified atom stereocenters. The van der Waals surface area contributed by atoms with Crippen molar-refractivity contribution in [2.75, 3.05) is 49.1 Å². The number of anilines is 2. The van der Waals surface area contributed by atoms with Crippen LogP contribution in [0.3, 0.4) is 0 Å². The highest BCUT2D eigenvalue weighted by Crippen LogP contribution is 2.35. The molecule has 2 fully saturated rings. The van der Waals surface area contributed by atoms with Gasteiger partial charge in [-0.25, -0.2) is 4.79 Å². The van der Waals surface area contributed by atoms with Crippen LogP contribution in [0.15, 0.2) is 18.2 Å². The molecule has 3 heterocycles. The number of carbonyl (C=O) groups is 3. The molecule has 0 aromatic heterocycles. The Morgan fingerprint density at radius 1 is 1.14 bits per heavy atom. The van der Waals surface area contributed by atoms with Crippen molar-refractivity contribution in [3.63, 3.8) is 0 Å². The highest BCUT2D eigenvalue weighted by Gasteiger charge is 2.35. The van der Waals surface area contributed by atoms with Crippen molar-refractivity contribution in [2.45, 2.75) is 31.8 Å². The molecule has 2 amide bonds. The third-order valence-corrected chi connectivity index (χ3v) is 5.67. The number of nitrogens with zero attached hydrogens (tertiary/aromatic N) is 3. The van der Waals surface area contributed by atoms with Crippen LogP contribution in [0.25, 0.3) is 0 Å². The second-order valence-corrected chi connectivity index (χ2v) is 7.61. The smallest absolute Gasteiger partial charge is 0.335 e. The van der Waals surface area contributed by atoms with E-state index in [4.69, 9.17) is 4.74 Å². The topological polar surface area (TPSA) is 90.4 Å². The van der Waals surface area contributed by atoms with Gasteiger partial charge in [0, 0.05) is 6.61 Å². The second-order valence-electron chi connectivity index (χ2n) is 7.61. The molecule has 3 aliphatic heterocycles. The predicted octanol–water partition coefficient (Wildman–Crippen LogP) is 1.34. The van der Waals surface area contributed by atoms with Gasteiger partial charge in [-0.1, -0.05) is 0 Å². The molecular formula is C20H25N3O5. The minimum atomic E-state index is -1.06. The minimum absolute atomic E-state index is 0.0252. The lowest BCUT2D eigenvalue weighted by molar-refractivity contribution is -0.123. The number of hydrogen-bond acceptors (Lipinski definition) is 5. The highest BCUT2D eigenvalue weighted by molar-refractivity contribution is 6.12. The fourth-order valence-electron chi connectivity index (χ4n) is 4.17. The molecule has 0 aliphatic carbocycles. The molecule has 1 aromatic carbocycles. The average molecular weight is 387 g/mol. The molecule has 0 bridgehead atoms. The number of carboxylic acid groups (broad SMARTS) is 1. The van der Waals surface area contributed by atoms with E-state index in [0.717, 1.165) is 38.8 Å². The van der Waals surface area contributed by atoms with Crippen molar-refractivity contribution in [3.05, 3.63) is 23.8 Å². The summed E-state index contributed by atoms with van der Waals surface area (Å²) in [6.45, 7) is 3.04. The number of carboxylic acids is 1. The number of amides is 2. The highest BCUT2D eigenvalue weighted by atomic mass is 16.5. The van der Waals surface area contributed by atoms with Gasteiger partial charge in [-0.05, 0) is 57.0 Å². The number of fused-ring (bicyclic) bond motifs is 1. The molecule has 0 spiro atoms. The van der Waals surface area contributed by atoms with Crippen LogP contribution in [0.2, 0.25) is 0 Å². The molecule has 4 rings (SSSR count). The number of likely N-dealkylation sites (tertiary alicyclic amines) is 1. The van der Waals surface area contributed by atoms with Gasteiger partial charge in [0.05, 0.1) is 36.1 Å². The summed E-state index contributed by atoms with van der Waals surface area (Å²) in [6.07, 6.45) is 3.98. The number of hydrogen-bond donors (Lipinski definition) is 1. The van der Waals surface area contributed by atoms with Crippen LogP contribution < -0.4 is 9.80 Å². The van der Waals surface area contributed by atoms with E-state index in [2.05, 4.69) is 4.90 Å². The Hall–Kier alpha value is -2.45. The van der Waals surface area contributed by atoms with Crippen LogP contribution in [-0.2, 0) is 14.3 Å². The summed E-state index contributed by atoms with van der Waals surface area (Å²) in [5.74, 6) is -1.39. The van der Waals surface area contributed by atoms with E-state index in [1.54, 1.807) is 11.0 Å². The van der Waals surface area contributed by atoms with Crippen LogP contribution in [0.1, 0.15) is 36.0 Å². The summed E-state index contributed by atoms with van der Waals surface area (Å²) in [7, 11) is 0. The molecule has 0 radical (unpaired) electrons. The van der Waals surface area contributed by atoms with Crippen molar-refractivity contribution in [3.8, 4) is 0 Å². The molecule has 0 saturated carbocycles. The van der Waals surface area contributed by atoms with Crippen molar-refractivity contribution in [1.29, 1.82) is 0 Å². The molecule has 8 nitrogen and oxygen atoms in total. The van der Waals surface area contributed by atoms with Crippen LogP contribution in [0, 0.1) is 0 Å². The Balaban J connectivity index is 1.64. The third kappa shape index (κ3) is 3.74. The summed E-state index contributed by atoms with van der Waals surface area (Å²) in [6, 6.07) is 4.60. The fourth-order valence-corrected chi connectivity index (χ4v) is 4.17. The van der Waals surface area contributed by atoms with E-state index in [1.807, 2.05) is 0 Å². The number of aromatic carboxylic acids is 1. The normalized spacial score (nSPS) is 22.6. The predicted molar refractivity (Wildman–Crippen MR) is 103 cm³/mol. The van der Waals surface area contributed by atoms with E-state index >= 15 is 0 Å². The Labute approximate surface area is 163 Å². The van der Waals surface area contributed by atoms with Crippen molar-refractivity contribution < 1.29 is 24.2 Å². The molecular weight excluding hydrogens is 362 g/mol. The number of rotatable bonds is 5. The van der Waals surface area contributed by atoms with Gasteiger partial charge >= 0.3 is 5.97 Å². The van der Waals surface area contributed by atoms with Crippen molar-refractivity contribution in [1.82, 2.24) is 4.90 Å². The number of carbonyl (C=O) groups excluding carboxylic acids is 2. The van der Waals surface area contributed by atoms with Gasteiger partial charge in [-0.3, -0.25) is 19.4 Å². The van der Waals surface area contributed by atoms with Crippen molar-refractivity contribution >= 4 is 29.2 Å². The van der Waals surface area contributed by atoms with Gasteiger partial charge in [-0.15, -0.1) is 0 Å². The van der Waals surface area contributed by atoms with Gasteiger partial charge in [0.2, 0.25) is 11.8 Å². The van der Waals surface area contributed by atoms with Gasteiger partial charge < -0.3 is 14.7 Å². The van der Waals surface area contributed by atoms with E-state index in [-0.39, 0.29) is 36.6 Å². The van der Waals surface area contributed by atoms with Gasteiger partial charge in [0.1, 0.15) is 6.54 Å². The van der Waals surface area contributed by atoms with E-state index in [9.17, 15) is 19.5 Å². The summed E-state index contributed by atoms with van der Waals surface area (Å²) in [5.41, 5.74) is 1.16. The first-order chi connectivity index (χ1) is 13.5. The van der Waals surface area contributed by atoms with E-state index < -0.39 is 5.97 Å². The second kappa shape index (κ2) is 7.89. The van der Waals surface area contributed by atoms with Gasteiger partial charge in [0.25, 0.3) is 0 Å². The fraction of sp³-hybridized carbons (Fsp3) is 0.550. The van der Waals surface area contributed by atoms with E-state index in [0.29, 0.717) is 24.5 Å².